The summed E-state index contributed by atoms with van der Waals surface area (Å²) in [6.45, 7) is 5.90. The Morgan fingerprint density at radius 3 is 2.95 bits per heavy atom. The molecule has 0 aromatic heterocycles. The normalized spacial score (nSPS) is 15.9. The van der Waals surface area contributed by atoms with Gasteiger partial charge in [0, 0.05) is 50.0 Å². The molecule has 1 heterocycles. The van der Waals surface area contributed by atoms with Gasteiger partial charge in [0.25, 0.3) is 0 Å². The second-order valence-corrected chi connectivity index (χ2v) is 6.49. The number of amides is 1. The predicted octanol–water partition coefficient (Wildman–Crippen LogP) is 1.59. The third-order valence-electron chi connectivity index (χ3n) is 3.35. The van der Waals surface area contributed by atoms with Crippen molar-refractivity contribution in [3.63, 3.8) is 0 Å². The fraction of sp³-hybridized carbons (Fsp3) is 0.533. The summed E-state index contributed by atoms with van der Waals surface area (Å²) in [4.78, 5) is 14.1. The molecule has 0 saturated carbocycles. The van der Waals surface area contributed by atoms with Gasteiger partial charge in [-0.2, -0.15) is 0 Å². The average Bonchev–Trinajstić information content (AvgIpc) is 2.48. The Kier molecular flexibility index (Phi) is 7.36. The Morgan fingerprint density at radius 2 is 2.19 bits per heavy atom. The quantitative estimate of drug-likeness (QED) is 0.798. The summed E-state index contributed by atoms with van der Waals surface area (Å²) in [5, 5.41) is 7.04. The standard InChI is InChI=1S/C15H22ClN3OS/c16-14-3-1-2-13(10-14)11-21-12-15(20)18-6-9-19-7-4-17-5-8-19/h1-3,10,17H,4-9,11-12H2,(H,18,20). The third kappa shape index (κ3) is 6.70. The van der Waals surface area contributed by atoms with Crippen LogP contribution >= 0.6 is 23.4 Å². The zero-order chi connectivity index (χ0) is 14.9. The molecular weight excluding hydrogens is 306 g/mol. The van der Waals surface area contributed by atoms with Crippen molar-refractivity contribution >= 4 is 29.3 Å². The molecule has 0 atom stereocenters. The van der Waals surface area contributed by atoms with Crippen LogP contribution in [0, 0.1) is 0 Å². The van der Waals surface area contributed by atoms with Gasteiger partial charge in [-0.1, -0.05) is 23.7 Å². The topological polar surface area (TPSA) is 44.4 Å². The van der Waals surface area contributed by atoms with E-state index in [2.05, 4.69) is 15.5 Å². The van der Waals surface area contributed by atoms with E-state index < -0.39 is 0 Å². The van der Waals surface area contributed by atoms with Crippen LogP contribution in [0.1, 0.15) is 5.56 Å². The molecule has 1 aromatic carbocycles. The molecule has 0 radical (unpaired) electrons. The number of hydrogen-bond acceptors (Lipinski definition) is 4. The van der Waals surface area contributed by atoms with Crippen molar-refractivity contribution in [2.45, 2.75) is 5.75 Å². The van der Waals surface area contributed by atoms with Crippen LogP contribution in [0.4, 0.5) is 0 Å². The number of piperazine rings is 1. The van der Waals surface area contributed by atoms with E-state index in [9.17, 15) is 4.79 Å². The molecule has 1 aromatic rings. The summed E-state index contributed by atoms with van der Waals surface area (Å²) in [6.07, 6.45) is 0. The van der Waals surface area contributed by atoms with Crippen LogP contribution in [-0.4, -0.2) is 55.8 Å². The van der Waals surface area contributed by atoms with Gasteiger partial charge in [0.2, 0.25) is 5.91 Å². The minimum Gasteiger partial charge on any atom is -0.354 e. The second kappa shape index (κ2) is 9.30. The van der Waals surface area contributed by atoms with Crippen molar-refractivity contribution in [1.82, 2.24) is 15.5 Å². The van der Waals surface area contributed by atoms with E-state index in [1.54, 1.807) is 11.8 Å². The lowest BCUT2D eigenvalue weighted by atomic mass is 10.2. The lowest BCUT2D eigenvalue weighted by molar-refractivity contribution is -0.118. The van der Waals surface area contributed by atoms with Crippen LogP contribution in [0.3, 0.4) is 0 Å². The van der Waals surface area contributed by atoms with Gasteiger partial charge < -0.3 is 10.6 Å². The molecule has 1 amide bonds. The van der Waals surface area contributed by atoms with E-state index >= 15 is 0 Å². The van der Waals surface area contributed by atoms with Crippen LogP contribution in [-0.2, 0) is 10.5 Å². The summed E-state index contributed by atoms with van der Waals surface area (Å²) in [5.41, 5.74) is 1.15. The number of nitrogens with one attached hydrogen (secondary N) is 2. The summed E-state index contributed by atoms with van der Waals surface area (Å²) >= 11 is 7.55. The molecule has 116 valence electrons. The molecule has 1 aliphatic heterocycles. The predicted molar refractivity (Wildman–Crippen MR) is 89.9 cm³/mol. The molecule has 0 aliphatic carbocycles. The van der Waals surface area contributed by atoms with Gasteiger partial charge in [-0.25, -0.2) is 0 Å². The summed E-state index contributed by atoms with van der Waals surface area (Å²) < 4.78 is 0. The van der Waals surface area contributed by atoms with Gasteiger partial charge in [0.15, 0.2) is 0 Å². The molecule has 6 heteroatoms. The lowest BCUT2D eigenvalue weighted by Crippen LogP contribution is -2.46. The second-order valence-electron chi connectivity index (χ2n) is 5.06. The van der Waals surface area contributed by atoms with Crippen molar-refractivity contribution in [2.75, 3.05) is 45.0 Å². The van der Waals surface area contributed by atoms with Crippen molar-refractivity contribution in [2.24, 2.45) is 0 Å². The first-order valence-corrected chi connectivity index (χ1v) is 8.79. The van der Waals surface area contributed by atoms with Gasteiger partial charge in [0.05, 0.1) is 5.75 Å². The highest BCUT2D eigenvalue weighted by atomic mass is 35.5. The summed E-state index contributed by atoms with van der Waals surface area (Å²) in [5.74, 6) is 1.41. The molecule has 0 unspecified atom stereocenters. The smallest absolute Gasteiger partial charge is 0.230 e. The monoisotopic (exact) mass is 327 g/mol. The van der Waals surface area contributed by atoms with Crippen LogP contribution in [0.25, 0.3) is 0 Å². The number of nitrogens with zero attached hydrogens (tertiary/aromatic N) is 1. The Morgan fingerprint density at radius 1 is 1.38 bits per heavy atom. The lowest BCUT2D eigenvalue weighted by Gasteiger charge is -2.27. The molecule has 21 heavy (non-hydrogen) atoms. The fourth-order valence-electron chi connectivity index (χ4n) is 2.23. The fourth-order valence-corrected chi connectivity index (χ4v) is 3.25. The highest BCUT2D eigenvalue weighted by Crippen LogP contribution is 2.16. The Bertz CT molecular complexity index is 452. The van der Waals surface area contributed by atoms with Crippen molar-refractivity contribution in [3.8, 4) is 0 Å². The van der Waals surface area contributed by atoms with Crippen LogP contribution < -0.4 is 10.6 Å². The summed E-state index contributed by atoms with van der Waals surface area (Å²) in [6, 6.07) is 7.77. The average molecular weight is 328 g/mol. The maximum atomic E-state index is 11.8. The van der Waals surface area contributed by atoms with E-state index in [0.29, 0.717) is 5.75 Å². The first-order valence-electron chi connectivity index (χ1n) is 7.26. The van der Waals surface area contributed by atoms with Crippen LogP contribution in [0.2, 0.25) is 5.02 Å². The number of hydrogen-bond donors (Lipinski definition) is 2. The molecule has 2 rings (SSSR count). The number of rotatable bonds is 7. The van der Waals surface area contributed by atoms with E-state index in [1.807, 2.05) is 24.3 Å². The van der Waals surface area contributed by atoms with E-state index in [0.717, 1.165) is 55.6 Å². The molecule has 0 spiro atoms. The molecular formula is C15H22ClN3OS. The number of halogens is 1. The molecule has 1 aliphatic rings. The SMILES string of the molecule is O=C(CSCc1cccc(Cl)c1)NCCN1CCNCC1. The number of benzene rings is 1. The van der Waals surface area contributed by atoms with E-state index in [-0.39, 0.29) is 5.91 Å². The Labute approximate surface area is 135 Å². The third-order valence-corrected chi connectivity index (χ3v) is 4.59. The molecule has 1 saturated heterocycles. The first-order chi connectivity index (χ1) is 10.2. The summed E-state index contributed by atoms with van der Waals surface area (Å²) in [7, 11) is 0. The zero-order valence-electron chi connectivity index (χ0n) is 12.1. The Hall–Kier alpha value is -0.750. The van der Waals surface area contributed by atoms with Gasteiger partial charge >= 0.3 is 0 Å². The number of carbonyl (C=O) groups is 1. The minimum atomic E-state index is 0.108. The minimum absolute atomic E-state index is 0.108. The number of thioether (sulfide) groups is 1. The molecule has 0 bridgehead atoms. The van der Waals surface area contributed by atoms with Crippen LogP contribution in [0.5, 0.6) is 0 Å². The maximum Gasteiger partial charge on any atom is 0.230 e. The van der Waals surface area contributed by atoms with Gasteiger partial charge in [-0.15, -0.1) is 11.8 Å². The van der Waals surface area contributed by atoms with Gasteiger partial charge in [-0.3, -0.25) is 9.69 Å². The van der Waals surface area contributed by atoms with E-state index in [4.69, 9.17) is 11.6 Å². The van der Waals surface area contributed by atoms with Crippen molar-refractivity contribution in [1.29, 1.82) is 0 Å². The van der Waals surface area contributed by atoms with Crippen LogP contribution in [0.15, 0.2) is 24.3 Å². The highest BCUT2D eigenvalue weighted by molar-refractivity contribution is 7.99. The zero-order valence-corrected chi connectivity index (χ0v) is 13.7. The highest BCUT2D eigenvalue weighted by Gasteiger charge is 2.09. The first kappa shape index (κ1) is 16.6. The van der Waals surface area contributed by atoms with Crippen molar-refractivity contribution in [3.05, 3.63) is 34.9 Å². The molecule has 2 N–H and O–H groups in total. The van der Waals surface area contributed by atoms with Gasteiger partial charge in [0.1, 0.15) is 0 Å². The molecule has 4 nitrogen and oxygen atoms in total. The van der Waals surface area contributed by atoms with E-state index in [1.165, 1.54) is 0 Å². The molecule has 1 fully saturated rings. The maximum absolute atomic E-state index is 11.8. The number of carbonyl (C=O) groups excluding carboxylic acids is 1. The largest absolute Gasteiger partial charge is 0.354 e. The Balaban J connectivity index is 1.55. The van der Waals surface area contributed by atoms with Gasteiger partial charge in [-0.05, 0) is 17.7 Å². The van der Waals surface area contributed by atoms with Crippen molar-refractivity contribution < 1.29 is 4.79 Å².